The maximum atomic E-state index is 12.1. The van der Waals surface area contributed by atoms with E-state index in [0.29, 0.717) is 12.1 Å². The van der Waals surface area contributed by atoms with Crippen molar-refractivity contribution in [1.29, 1.82) is 0 Å². The Hall–Kier alpha value is -1.00. The number of unbranched alkanes of at least 4 members (excludes halogenated alkanes) is 2. The quantitative estimate of drug-likeness (QED) is 0.753. The maximum Gasteiger partial charge on any atom is 0.449 e. The smallest absolute Gasteiger partial charge is 0.341 e. The Balaban J connectivity index is 2.51. The van der Waals surface area contributed by atoms with E-state index in [9.17, 15) is 13.2 Å². The van der Waals surface area contributed by atoms with Crippen molar-refractivity contribution in [3.05, 3.63) is 17.7 Å². The zero-order valence-corrected chi connectivity index (χ0v) is 7.99. The fraction of sp³-hybridized carbons (Fsp3) is 0.667. The number of halogens is 3. The van der Waals surface area contributed by atoms with Crippen molar-refractivity contribution in [2.75, 3.05) is 0 Å². The van der Waals surface area contributed by atoms with Crippen LogP contribution in [0.1, 0.15) is 37.7 Å². The highest BCUT2D eigenvalue weighted by atomic mass is 19.4. The molecule has 80 valence electrons. The second kappa shape index (κ2) is 4.48. The van der Waals surface area contributed by atoms with Gasteiger partial charge in [0.2, 0.25) is 5.82 Å². The van der Waals surface area contributed by atoms with E-state index in [1.807, 2.05) is 6.92 Å². The summed E-state index contributed by atoms with van der Waals surface area (Å²) < 4.78 is 36.3. The summed E-state index contributed by atoms with van der Waals surface area (Å²) in [7, 11) is 0. The Bertz CT molecular complexity index is 278. The first kappa shape index (κ1) is 11.1. The van der Waals surface area contributed by atoms with Crippen LogP contribution in [0.3, 0.4) is 0 Å². The number of hydrogen-bond donors (Lipinski definition) is 1. The van der Waals surface area contributed by atoms with Gasteiger partial charge in [-0.3, -0.25) is 0 Å². The summed E-state index contributed by atoms with van der Waals surface area (Å²) in [6.45, 7) is 2.05. The Labute approximate surface area is 80.5 Å². The van der Waals surface area contributed by atoms with Gasteiger partial charge in [-0.05, 0) is 12.8 Å². The first-order chi connectivity index (χ1) is 6.54. The fourth-order valence-corrected chi connectivity index (χ4v) is 1.19. The molecule has 1 heterocycles. The lowest BCUT2D eigenvalue weighted by atomic mass is 10.2. The number of imidazole rings is 1. The summed E-state index contributed by atoms with van der Waals surface area (Å²) in [6.07, 6.45) is 0.547. The van der Waals surface area contributed by atoms with Crippen LogP contribution >= 0.6 is 0 Å². The number of aromatic nitrogens is 2. The van der Waals surface area contributed by atoms with Gasteiger partial charge < -0.3 is 4.98 Å². The number of aromatic amines is 1. The van der Waals surface area contributed by atoms with Gasteiger partial charge in [-0.2, -0.15) is 13.2 Å². The van der Waals surface area contributed by atoms with Crippen LogP contribution in [0, 0.1) is 0 Å². The zero-order valence-electron chi connectivity index (χ0n) is 7.99. The lowest BCUT2D eigenvalue weighted by molar-refractivity contribution is -0.144. The number of aryl methyl sites for hydroxylation is 1. The summed E-state index contributed by atoms with van der Waals surface area (Å²) in [5, 5.41) is 0. The first-order valence-electron chi connectivity index (χ1n) is 4.65. The van der Waals surface area contributed by atoms with Gasteiger partial charge in [0, 0.05) is 6.20 Å². The molecular formula is C9H13F3N2. The molecule has 0 aliphatic rings. The minimum absolute atomic E-state index is 0.491. The minimum atomic E-state index is -4.36. The van der Waals surface area contributed by atoms with E-state index < -0.39 is 12.0 Å². The van der Waals surface area contributed by atoms with E-state index in [1.165, 1.54) is 6.20 Å². The van der Waals surface area contributed by atoms with Gasteiger partial charge >= 0.3 is 6.18 Å². The van der Waals surface area contributed by atoms with Crippen LogP contribution in [0.4, 0.5) is 13.2 Å². The first-order valence-corrected chi connectivity index (χ1v) is 4.65. The number of nitrogens with zero attached hydrogens (tertiary/aromatic N) is 1. The van der Waals surface area contributed by atoms with Crippen LogP contribution in [0.25, 0.3) is 0 Å². The van der Waals surface area contributed by atoms with Gasteiger partial charge in [0.15, 0.2) is 0 Å². The van der Waals surface area contributed by atoms with Crippen molar-refractivity contribution in [3.8, 4) is 0 Å². The van der Waals surface area contributed by atoms with E-state index in [2.05, 4.69) is 9.97 Å². The van der Waals surface area contributed by atoms with Crippen molar-refractivity contribution in [2.45, 2.75) is 38.8 Å². The highest BCUT2D eigenvalue weighted by molar-refractivity contribution is 5.03. The molecule has 1 N–H and O–H groups in total. The topological polar surface area (TPSA) is 28.7 Å². The normalized spacial score (nSPS) is 12.0. The van der Waals surface area contributed by atoms with Crippen LogP contribution in [0.5, 0.6) is 0 Å². The molecule has 0 spiro atoms. The molecule has 1 rings (SSSR count). The average Bonchev–Trinajstić information content (AvgIpc) is 2.52. The van der Waals surface area contributed by atoms with Crippen LogP contribution in [0.2, 0.25) is 0 Å². The van der Waals surface area contributed by atoms with E-state index in [4.69, 9.17) is 0 Å². The Morgan fingerprint density at radius 3 is 2.57 bits per heavy atom. The van der Waals surface area contributed by atoms with Gasteiger partial charge in [-0.15, -0.1) is 0 Å². The number of nitrogens with one attached hydrogen (secondary N) is 1. The molecule has 2 nitrogen and oxygen atoms in total. The predicted molar refractivity (Wildman–Crippen MR) is 46.8 cm³/mol. The molecule has 0 atom stereocenters. The monoisotopic (exact) mass is 206 g/mol. The molecule has 0 aliphatic carbocycles. The Morgan fingerprint density at radius 1 is 1.36 bits per heavy atom. The van der Waals surface area contributed by atoms with Gasteiger partial charge in [0.1, 0.15) is 0 Å². The summed E-state index contributed by atoms with van der Waals surface area (Å²) in [5.74, 6) is -0.899. The second-order valence-corrected chi connectivity index (χ2v) is 3.20. The third kappa shape index (κ3) is 3.05. The molecule has 0 saturated carbocycles. The Morgan fingerprint density at radius 2 is 2.07 bits per heavy atom. The van der Waals surface area contributed by atoms with Gasteiger partial charge in [0.25, 0.3) is 0 Å². The molecule has 0 bridgehead atoms. The third-order valence-corrected chi connectivity index (χ3v) is 1.94. The molecule has 14 heavy (non-hydrogen) atoms. The third-order valence-electron chi connectivity index (χ3n) is 1.94. The second-order valence-electron chi connectivity index (χ2n) is 3.20. The molecule has 1 aromatic heterocycles. The van der Waals surface area contributed by atoms with E-state index in [-0.39, 0.29) is 0 Å². The number of alkyl halides is 3. The zero-order chi connectivity index (χ0) is 10.6. The van der Waals surface area contributed by atoms with E-state index >= 15 is 0 Å². The van der Waals surface area contributed by atoms with Crippen molar-refractivity contribution in [1.82, 2.24) is 9.97 Å². The molecule has 0 unspecified atom stereocenters. The SMILES string of the molecule is CCCCCc1c[nH]c(C(F)(F)F)n1. The lowest BCUT2D eigenvalue weighted by Gasteiger charge is -1.99. The van der Waals surface area contributed by atoms with E-state index in [0.717, 1.165) is 19.3 Å². The summed E-state index contributed by atoms with van der Waals surface area (Å²) in [6, 6.07) is 0. The van der Waals surface area contributed by atoms with Crippen LogP contribution in [0.15, 0.2) is 6.20 Å². The fourth-order valence-electron chi connectivity index (χ4n) is 1.19. The maximum absolute atomic E-state index is 12.1. The number of rotatable bonds is 4. The summed E-state index contributed by atoms with van der Waals surface area (Å²) in [5.41, 5.74) is 0.491. The minimum Gasteiger partial charge on any atom is -0.341 e. The van der Waals surface area contributed by atoms with Crippen LogP contribution in [-0.2, 0) is 12.6 Å². The molecule has 0 radical (unpaired) electrons. The summed E-state index contributed by atoms with van der Waals surface area (Å²) >= 11 is 0. The van der Waals surface area contributed by atoms with Gasteiger partial charge in [-0.25, -0.2) is 4.98 Å². The van der Waals surface area contributed by atoms with Gasteiger partial charge in [0.05, 0.1) is 5.69 Å². The van der Waals surface area contributed by atoms with Crippen molar-refractivity contribution in [2.24, 2.45) is 0 Å². The van der Waals surface area contributed by atoms with Crippen molar-refractivity contribution in [3.63, 3.8) is 0 Å². The largest absolute Gasteiger partial charge is 0.449 e. The standard InChI is InChI=1S/C9H13F3N2/c1-2-3-4-5-7-6-13-8(14-7)9(10,11)12/h6H,2-5H2,1H3,(H,13,14). The molecule has 5 heteroatoms. The Kier molecular flexibility index (Phi) is 3.55. The average molecular weight is 206 g/mol. The summed E-state index contributed by atoms with van der Waals surface area (Å²) in [4.78, 5) is 5.61. The lowest BCUT2D eigenvalue weighted by Crippen LogP contribution is -2.07. The molecular weight excluding hydrogens is 193 g/mol. The molecule has 0 amide bonds. The number of H-pyrrole nitrogens is 1. The highest BCUT2D eigenvalue weighted by Gasteiger charge is 2.34. The van der Waals surface area contributed by atoms with Gasteiger partial charge in [-0.1, -0.05) is 19.8 Å². The molecule has 0 aromatic carbocycles. The molecule has 1 aromatic rings. The van der Waals surface area contributed by atoms with Crippen molar-refractivity contribution >= 4 is 0 Å². The highest BCUT2D eigenvalue weighted by Crippen LogP contribution is 2.26. The van der Waals surface area contributed by atoms with Crippen LogP contribution < -0.4 is 0 Å². The van der Waals surface area contributed by atoms with Crippen LogP contribution in [-0.4, -0.2) is 9.97 Å². The molecule has 0 saturated heterocycles. The molecule has 0 aliphatic heterocycles. The molecule has 0 fully saturated rings. The van der Waals surface area contributed by atoms with Crippen molar-refractivity contribution < 1.29 is 13.2 Å². The number of hydrogen-bond acceptors (Lipinski definition) is 1. The van der Waals surface area contributed by atoms with E-state index in [1.54, 1.807) is 0 Å². The predicted octanol–water partition coefficient (Wildman–Crippen LogP) is 3.16.